The molecule has 2 N–H and O–H groups in total. The Morgan fingerprint density at radius 3 is 2.47 bits per heavy atom. The number of benzene rings is 1. The molecular formula is C13H18FN. The first-order valence-electron chi connectivity index (χ1n) is 5.59. The third-order valence-corrected chi connectivity index (χ3v) is 4.17. The highest BCUT2D eigenvalue weighted by molar-refractivity contribution is 5.27. The number of hydrogen-bond donors (Lipinski definition) is 1. The summed E-state index contributed by atoms with van der Waals surface area (Å²) in [5.41, 5.74) is 7.47. The van der Waals surface area contributed by atoms with Crippen molar-refractivity contribution in [3.05, 3.63) is 35.6 Å². The molecule has 0 saturated heterocycles. The van der Waals surface area contributed by atoms with Gasteiger partial charge in [0.1, 0.15) is 5.82 Å². The van der Waals surface area contributed by atoms with Crippen LogP contribution in [0.2, 0.25) is 0 Å². The lowest BCUT2D eigenvalue weighted by atomic mass is 9.54. The highest BCUT2D eigenvalue weighted by Gasteiger charge is 2.48. The third kappa shape index (κ3) is 1.57. The van der Waals surface area contributed by atoms with Crippen LogP contribution < -0.4 is 5.73 Å². The molecule has 0 bridgehead atoms. The van der Waals surface area contributed by atoms with E-state index in [-0.39, 0.29) is 17.3 Å². The van der Waals surface area contributed by atoms with E-state index in [9.17, 15) is 4.39 Å². The van der Waals surface area contributed by atoms with Gasteiger partial charge in [-0.2, -0.15) is 0 Å². The Kier molecular flexibility index (Phi) is 2.55. The maximum Gasteiger partial charge on any atom is 0.123 e. The molecule has 0 aliphatic heterocycles. The van der Waals surface area contributed by atoms with E-state index in [0.717, 1.165) is 12.8 Å². The summed E-state index contributed by atoms with van der Waals surface area (Å²) in [4.78, 5) is 0. The van der Waals surface area contributed by atoms with E-state index in [1.807, 2.05) is 12.1 Å². The van der Waals surface area contributed by atoms with Gasteiger partial charge in [0.25, 0.3) is 0 Å². The van der Waals surface area contributed by atoms with Crippen molar-refractivity contribution in [1.82, 2.24) is 0 Å². The average Bonchev–Trinajstić information content (AvgIpc) is 2.26. The van der Waals surface area contributed by atoms with Crippen molar-refractivity contribution in [2.24, 2.45) is 11.1 Å². The van der Waals surface area contributed by atoms with Crippen LogP contribution in [0.15, 0.2) is 24.3 Å². The van der Waals surface area contributed by atoms with Gasteiger partial charge in [0.05, 0.1) is 0 Å². The van der Waals surface area contributed by atoms with E-state index in [1.54, 1.807) is 0 Å². The van der Waals surface area contributed by atoms with Crippen LogP contribution in [-0.2, 0) is 0 Å². The van der Waals surface area contributed by atoms with Crippen molar-refractivity contribution in [2.75, 3.05) is 0 Å². The zero-order chi connectivity index (χ0) is 11.1. The summed E-state index contributed by atoms with van der Waals surface area (Å²) in [7, 11) is 0. The van der Waals surface area contributed by atoms with Crippen LogP contribution >= 0.6 is 0 Å². The molecule has 3 atom stereocenters. The van der Waals surface area contributed by atoms with Crippen LogP contribution in [0.1, 0.15) is 38.2 Å². The number of rotatable bonds is 2. The first-order chi connectivity index (χ1) is 7.08. The van der Waals surface area contributed by atoms with Gasteiger partial charge in [0, 0.05) is 6.04 Å². The summed E-state index contributed by atoms with van der Waals surface area (Å²) >= 11 is 0. The van der Waals surface area contributed by atoms with E-state index in [2.05, 4.69) is 13.8 Å². The molecule has 1 aliphatic rings. The number of halogens is 1. The van der Waals surface area contributed by atoms with Crippen molar-refractivity contribution in [1.29, 1.82) is 0 Å². The van der Waals surface area contributed by atoms with Crippen LogP contribution in [0.5, 0.6) is 0 Å². The highest BCUT2D eigenvalue weighted by Crippen LogP contribution is 2.53. The molecule has 0 radical (unpaired) electrons. The maximum atomic E-state index is 12.8. The molecule has 1 nitrogen and oxygen atoms in total. The molecule has 2 rings (SSSR count). The summed E-state index contributed by atoms with van der Waals surface area (Å²) in [6.07, 6.45) is 2.10. The smallest absolute Gasteiger partial charge is 0.123 e. The molecule has 0 aromatic heterocycles. The molecule has 0 heterocycles. The van der Waals surface area contributed by atoms with Gasteiger partial charge in [-0.1, -0.05) is 26.0 Å². The second kappa shape index (κ2) is 3.60. The quantitative estimate of drug-likeness (QED) is 0.792. The lowest BCUT2D eigenvalue weighted by molar-refractivity contribution is 0.0705. The van der Waals surface area contributed by atoms with Gasteiger partial charge in [-0.25, -0.2) is 4.39 Å². The van der Waals surface area contributed by atoms with Gasteiger partial charge in [-0.15, -0.1) is 0 Å². The molecule has 1 saturated carbocycles. The molecule has 1 aliphatic carbocycles. The van der Waals surface area contributed by atoms with E-state index >= 15 is 0 Å². The van der Waals surface area contributed by atoms with Crippen LogP contribution in [0.3, 0.4) is 0 Å². The van der Waals surface area contributed by atoms with Crippen LogP contribution in [0, 0.1) is 11.2 Å². The van der Waals surface area contributed by atoms with Gasteiger partial charge < -0.3 is 5.73 Å². The van der Waals surface area contributed by atoms with Gasteiger partial charge in [0.2, 0.25) is 0 Å². The predicted octanol–water partition coefficient (Wildman–Crippen LogP) is 3.06. The van der Waals surface area contributed by atoms with E-state index in [4.69, 9.17) is 5.73 Å². The van der Waals surface area contributed by atoms with E-state index < -0.39 is 0 Å². The summed E-state index contributed by atoms with van der Waals surface area (Å²) in [5.74, 6) is 0.332. The monoisotopic (exact) mass is 207 g/mol. The standard InChI is InChI=1S/C13H18FN/c1-3-13(2)11(8-12(13)15)9-4-6-10(14)7-5-9/h4-7,11-12H,3,8,15H2,1-2H3. The third-order valence-electron chi connectivity index (χ3n) is 4.17. The normalized spacial score (nSPS) is 34.9. The molecule has 0 spiro atoms. The fraction of sp³-hybridized carbons (Fsp3) is 0.538. The predicted molar refractivity (Wildman–Crippen MR) is 60.1 cm³/mol. The van der Waals surface area contributed by atoms with E-state index in [0.29, 0.717) is 5.92 Å². The van der Waals surface area contributed by atoms with Crippen LogP contribution in [0.25, 0.3) is 0 Å². The Morgan fingerprint density at radius 2 is 2.00 bits per heavy atom. The number of nitrogens with two attached hydrogens (primary N) is 1. The summed E-state index contributed by atoms with van der Waals surface area (Å²) in [6, 6.07) is 7.14. The fourth-order valence-electron chi connectivity index (χ4n) is 2.61. The second-order valence-electron chi connectivity index (χ2n) is 4.81. The summed E-state index contributed by atoms with van der Waals surface area (Å²) in [5, 5.41) is 0. The Hall–Kier alpha value is -0.890. The van der Waals surface area contributed by atoms with Crippen molar-refractivity contribution in [3.8, 4) is 0 Å². The summed E-state index contributed by atoms with van der Waals surface area (Å²) in [6.45, 7) is 4.41. The molecule has 0 amide bonds. The first kappa shape index (κ1) is 10.6. The molecule has 15 heavy (non-hydrogen) atoms. The second-order valence-corrected chi connectivity index (χ2v) is 4.81. The molecule has 82 valence electrons. The molecule has 1 fully saturated rings. The minimum absolute atomic E-state index is 0.166. The molecular weight excluding hydrogens is 189 g/mol. The van der Waals surface area contributed by atoms with Gasteiger partial charge in [-0.3, -0.25) is 0 Å². The zero-order valence-corrected chi connectivity index (χ0v) is 9.33. The molecule has 2 heteroatoms. The highest BCUT2D eigenvalue weighted by atomic mass is 19.1. The van der Waals surface area contributed by atoms with Gasteiger partial charge in [-0.05, 0) is 41.9 Å². The van der Waals surface area contributed by atoms with Gasteiger partial charge in [0.15, 0.2) is 0 Å². The Bertz CT molecular complexity index is 346. The number of hydrogen-bond acceptors (Lipinski definition) is 1. The lowest BCUT2D eigenvalue weighted by Crippen LogP contribution is -2.54. The Balaban J connectivity index is 2.23. The Labute approximate surface area is 90.5 Å². The topological polar surface area (TPSA) is 26.0 Å². The van der Waals surface area contributed by atoms with Crippen molar-refractivity contribution < 1.29 is 4.39 Å². The molecule has 1 aromatic rings. The van der Waals surface area contributed by atoms with Crippen LogP contribution in [0.4, 0.5) is 4.39 Å². The van der Waals surface area contributed by atoms with Crippen molar-refractivity contribution in [2.45, 2.75) is 38.6 Å². The van der Waals surface area contributed by atoms with Crippen molar-refractivity contribution in [3.63, 3.8) is 0 Å². The Morgan fingerprint density at radius 1 is 1.40 bits per heavy atom. The fourth-order valence-corrected chi connectivity index (χ4v) is 2.61. The average molecular weight is 207 g/mol. The zero-order valence-electron chi connectivity index (χ0n) is 9.33. The van der Waals surface area contributed by atoms with Gasteiger partial charge >= 0.3 is 0 Å². The SMILES string of the molecule is CCC1(C)C(N)CC1c1ccc(F)cc1. The van der Waals surface area contributed by atoms with Crippen molar-refractivity contribution >= 4 is 0 Å². The molecule has 1 aromatic carbocycles. The molecule has 3 unspecified atom stereocenters. The first-order valence-corrected chi connectivity index (χ1v) is 5.59. The maximum absolute atomic E-state index is 12.8. The summed E-state index contributed by atoms with van der Waals surface area (Å²) < 4.78 is 12.8. The largest absolute Gasteiger partial charge is 0.327 e. The van der Waals surface area contributed by atoms with Crippen LogP contribution in [-0.4, -0.2) is 6.04 Å². The minimum atomic E-state index is -0.166. The minimum Gasteiger partial charge on any atom is -0.327 e. The van der Waals surface area contributed by atoms with E-state index in [1.165, 1.54) is 17.7 Å². The lowest BCUT2D eigenvalue weighted by Gasteiger charge is -2.53.